The molecule has 0 aliphatic heterocycles. The maximum absolute atomic E-state index is 4.29. The lowest BCUT2D eigenvalue weighted by Crippen LogP contribution is -1.84. The maximum Gasteiger partial charge on any atom is 0.0330 e. The molecule has 0 aliphatic rings. The van der Waals surface area contributed by atoms with Gasteiger partial charge in [0.1, 0.15) is 0 Å². The molecule has 0 aliphatic carbocycles. The third-order valence-electron chi connectivity index (χ3n) is 2.08. The van der Waals surface area contributed by atoms with Gasteiger partial charge in [-0.1, -0.05) is 18.6 Å². The minimum atomic E-state index is 1.07. The summed E-state index contributed by atoms with van der Waals surface area (Å²) in [7, 11) is 0. The van der Waals surface area contributed by atoms with Gasteiger partial charge in [-0.3, -0.25) is 4.99 Å². The lowest BCUT2D eigenvalue weighted by atomic mass is 10.1. The lowest BCUT2D eigenvalue weighted by Gasteiger charge is -1.98. The van der Waals surface area contributed by atoms with Crippen molar-refractivity contribution in [2.75, 3.05) is 0 Å². The highest BCUT2D eigenvalue weighted by atomic mass is 14.7. The zero-order valence-corrected chi connectivity index (χ0v) is 8.81. The largest absolute Gasteiger partial charge is 0.262 e. The first-order valence-electron chi connectivity index (χ1n) is 4.45. The van der Waals surface area contributed by atoms with E-state index in [4.69, 9.17) is 0 Å². The summed E-state index contributed by atoms with van der Waals surface area (Å²) in [5.41, 5.74) is 3.75. The van der Waals surface area contributed by atoms with Gasteiger partial charge < -0.3 is 0 Å². The number of allylic oxidation sites excluding steroid dienone is 4. The van der Waals surface area contributed by atoms with Crippen molar-refractivity contribution >= 4 is 6.21 Å². The number of hydrogen-bond donors (Lipinski definition) is 0. The van der Waals surface area contributed by atoms with Crippen LogP contribution in [0.25, 0.3) is 0 Å². The highest BCUT2D eigenvalue weighted by molar-refractivity contribution is 5.79. The molecule has 0 radical (unpaired) electrons. The molecule has 1 heteroatoms. The van der Waals surface area contributed by atoms with Gasteiger partial charge >= 0.3 is 0 Å². The molecule has 0 unspecified atom stereocenters. The van der Waals surface area contributed by atoms with E-state index in [0.717, 1.165) is 12.1 Å². The lowest BCUT2D eigenvalue weighted by molar-refractivity contribution is 1.08. The van der Waals surface area contributed by atoms with Gasteiger partial charge in [-0.05, 0) is 39.7 Å². The van der Waals surface area contributed by atoms with E-state index in [1.165, 1.54) is 11.1 Å². The van der Waals surface area contributed by atoms with Gasteiger partial charge in [-0.15, -0.1) is 0 Å². The Morgan fingerprint density at radius 2 is 1.83 bits per heavy atom. The molecule has 0 N–H and O–H groups in total. The van der Waals surface area contributed by atoms with Gasteiger partial charge in [0, 0.05) is 11.9 Å². The molecule has 0 bridgehead atoms. The molecular formula is C11H19N. The Kier molecular flexibility index (Phi) is 5.35. The molecule has 0 aromatic carbocycles. The number of hydrogen-bond acceptors (Lipinski definition) is 1. The SMILES string of the molecule is C/C=C(/C)N=CC(C)=C(C)CC. The van der Waals surface area contributed by atoms with Crippen molar-refractivity contribution in [1.82, 2.24) is 0 Å². The molecule has 0 saturated heterocycles. The first-order valence-corrected chi connectivity index (χ1v) is 4.45. The summed E-state index contributed by atoms with van der Waals surface area (Å²) in [5, 5.41) is 0. The fourth-order valence-corrected chi connectivity index (χ4v) is 0.662. The molecule has 1 nitrogen and oxygen atoms in total. The fraction of sp³-hybridized carbons (Fsp3) is 0.545. The summed E-state index contributed by atoms with van der Waals surface area (Å²) in [5.74, 6) is 0. The summed E-state index contributed by atoms with van der Waals surface area (Å²) >= 11 is 0. The van der Waals surface area contributed by atoms with E-state index in [9.17, 15) is 0 Å². The topological polar surface area (TPSA) is 12.4 Å². The monoisotopic (exact) mass is 165 g/mol. The second-order valence-corrected chi connectivity index (χ2v) is 3.01. The van der Waals surface area contributed by atoms with Crippen LogP contribution in [0.2, 0.25) is 0 Å². The highest BCUT2D eigenvalue weighted by Crippen LogP contribution is 2.05. The van der Waals surface area contributed by atoms with Gasteiger partial charge in [-0.25, -0.2) is 0 Å². The van der Waals surface area contributed by atoms with E-state index >= 15 is 0 Å². The van der Waals surface area contributed by atoms with Crippen molar-refractivity contribution in [1.29, 1.82) is 0 Å². The second kappa shape index (κ2) is 5.76. The molecule has 0 saturated carbocycles. The molecule has 0 rings (SSSR count). The van der Waals surface area contributed by atoms with Crippen LogP contribution in [0.1, 0.15) is 41.0 Å². The van der Waals surface area contributed by atoms with Crippen LogP contribution in [-0.2, 0) is 0 Å². The van der Waals surface area contributed by atoms with Crippen LogP contribution in [0, 0.1) is 0 Å². The average molecular weight is 165 g/mol. The van der Waals surface area contributed by atoms with E-state index in [2.05, 4.69) is 25.8 Å². The smallest absolute Gasteiger partial charge is 0.0330 e. The van der Waals surface area contributed by atoms with Gasteiger partial charge in [0.25, 0.3) is 0 Å². The summed E-state index contributed by atoms with van der Waals surface area (Å²) < 4.78 is 0. The third kappa shape index (κ3) is 4.12. The molecule has 0 atom stereocenters. The van der Waals surface area contributed by atoms with Crippen LogP contribution in [0.3, 0.4) is 0 Å². The highest BCUT2D eigenvalue weighted by Gasteiger charge is 1.89. The van der Waals surface area contributed by atoms with Crippen LogP contribution in [0.5, 0.6) is 0 Å². The van der Waals surface area contributed by atoms with Crippen molar-refractivity contribution in [3.63, 3.8) is 0 Å². The van der Waals surface area contributed by atoms with Gasteiger partial charge in [0.05, 0.1) is 0 Å². The predicted octanol–water partition coefficient (Wildman–Crippen LogP) is 3.73. The molecule has 0 spiro atoms. The summed E-state index contributed by atoms with van der Waals surface area (Å²) in [4.78, 5) is 4.29. The van der Waals surface area contributed by atoms with Crippen molar-refractivity contribution < 1.29 is 0 Å². The van der Waals surface area contributed by atoms with Crippen LogP contribution in [0.4, 0.5) is 0 Å². The van der Waals surface area contributed by atoms with Crippen molar-refractivity contribution in [2.45, 2.75) is 41.0 Å². The molecule has 0 fully saturated rings. The quantitative estimate of drug-likeness (QED) is 0.565. The third-order valence-corrected chi connectivity index (χ3v) is 2.08. The first-order chi connectivity index (χ1) is 5.61. The Morgan fingerprint density at radius 1 is 1.25 bits per heavy atom. The minimum absolute atomic E-state index is 1.07. The fourth-order valence-electron chi connectivity index (χ4n) is 0.662. The Hall–Kier alpha value is -0.850. The first kappa shape index (κ1) is 11.2. The Labute approximate surface area is 75.9 Å². The van der Waals surface area contributed by atoms with Gasteiger partial charge in [-0.2, -0.15) is 0 Å². The van der Waals surface area contributed by atoms with Crippen LogP contribution in [-0.4, -0.2) is 6.21 Å². The molecule has 0 amide bonds. The van der Waals surface area contributed by atoms with Crippen LogP contribution < -0.4 is 0 Å². The molecule has 68 valence electrons. The number of rotatable bonds is 3. The van der Waals surface area contributed by atoms with Gasteiger partial charge in [0.15, 0.2) is 0 Å². The van der Waals surface area contributed by atoms with E-state index in [1.807, 2.05) is 26.1 Å². The zero-order chi connectivity index (χ0) is 9.56. The van der Waals surface area contributed by atoms with Crippen molar-refractivity contribution in [3.05, 3.63) is 22.9 Å². The normalized spacial score (nSPS) is 15.2. The Balaban J connectivity index is 4.36. The standard InChI is InChI=1S/C11H19N/c1-6-9(3)10(4)8-12-11(5)7-2/h7-8H,6H2,1-5H3/b10-9?,11-7-,12-8?. The second-order valence-electron chi connectivity index (χ2n) is 3.01. The van der Waals surface area contributed by atoms with E-state index in [-0.39, 0.29) is 0 Å². The van der Waals surface area contributed by atoms with E-state index in [1.54, 1.807) is 0 Å². The number of aliphatic imine (C=N–C) groups is 1. The molecular weight excluding hydrogens is 146 g/mol. The summed E-state index contributed by atoms with van der Waals surface area (Å²) in [6, 6.07) is 0. The Bertz CT molecular complexity index is 219. The van der Waals surface area contributed by atoms with E-state index < -0.39 is 0 Å². The summed E-state index contributed by atoms with van der Waals surface area (Å²) in [6.07, 6.45) is 5.05. The van der Waals surface area contributed by atoms with Gasteiger partial charge in [0.2, 0.25) is 0 Å². The predicted molar refractivity (Wildman–Crippen MR) is 56.6 cm³/mol. The molecule has 0 heterocycles. The molecule has 0 aromatic heterocycles. The van der Waals surface area contributed by atoms with Crippen molar-refractivity contribution in [2.24, 2.45) is 4.99 Å². The van der Waals surface area contributed by atoms with Crippen LogP contribution in [0.15, 0.2) is 27.9 Å². The maximum atomic E-state index is 4.29. The van der Waals surface area contributed by atoms with E-state index in [0.29, 0.717) is 0 Å². The zero-order valence-electron chi connectivity index (χ0n) is 8.81. The van der Waals surface area contributed by atoms with Crippen LogP contribution >= 0.6 is 0 Å². The summed E-state index contributed by atoms with van der Waals surface area (Å²) in [6.45, 7) is 10.4. The minimum Gasteiger partial charge on any atom is -0.262 e. The van der Waals surface area contributed by atoms with Crippen molar-refractivity contribution in [3.8, 4) is 0 Å². The average Bonchev–Trinajstić information content (AvgIpc) is 2.11. The molecule has 12 heavy (non-hydrogen) atoms. The molecule has 0 aromatic rings. The number of nitrogens with zero attached hydrogens (tertiary/aromatic N) is 1. The Morgan fingerprint density at radius 3 is 2.25 bits per heavy atom.